The van der Waals surface area contributed by atoms with Gasteiger partial charge in [0, 0.05) is 22.3 Å². The second-order valence-electron chi connectivity index (χ2n) is 16.9. The Labute approximate surface area is 330 Å². The largest absolute Gasteiger partial charge is 0.584 e. The fourth-order valence-corrected chi connectivity index (χ4v) is 12.5. The van der Waals surface area contributed by atoms with Gasteiger partial charge in [0.1, 0.15) is 11.5 Å². The lowest BCUT2D eigenvalue weighted by Gasteiger charge is -2.38. The first-order chi connectivity index (χ1) is 28.0. The monoisotopic (exact) mass is 758 g/mol. The Hall–Kier alpha value is -5.67. The van der Waals surface area contributed by atoms with Gasteiger partial charge >= 0.3 is 7.82 Å². The Morgan fingerprint density at radius 1 is 0.561 bits per heavy atom. The smallest absolute Gasteiger partial charge is 0.394 e. The number of phosphoric acid groups is 1. The number of phosphoric ester groups is 1. The van der Waals surface area contributed by atoms with Crippen molar-refractivity contribution in [1.29, 1.82) is 0 Å². The first kappa shape index (κ1) is 32.4. The molecule has 1 fully saturated rings. The van der Waals surface area contributed by atoms with E-state index in [1.54, 1.807) is 0 Å². The van der Waals surface area contributed by atoms with Gasteiger partial charge in [0.2, 0.25) is 0 Å². The van der Waals surface area contributed by atoms with E-state index in [0.717, 1.165) is 95.5 Å². The normalized spacial score (nSPS) is 22.0. The minimum absolute atomic E-state index is 0.153. The predicted octanol–water partition coefficient (Wildman–Crippen LogP) is 14.2. The fourth-order valence-electron chi connectivity index (χ4n) is 11.6. The van der Waals surface area contributed by atoms with Crippen LogP contribution in [-0.4, -0.2) is 4.89 Å². The van der Waals surface area contributed by atoms with Crippen molar-refractivity contribution in [2.45, 2.75) is 51.4 Å². The van der Waals surface area contributed by atoms with Gasteiger partial charge in [0.15, 0.2) is 0 Å². The molecule has 0 radical (unpaired) electrons. The molecule has 276 valence electrons. The van der Waals surface area contributed by atoms with Crippen molar-refractivity contribution >= 4 is 83.6 Å². The average Bonchev–Trinajstić information content (AvgIpc) is 3.37. The highest BCUT2D eigenvalue weighted by Crippen LogP contribution is 2.63. The van der Waals surface area contributed by atoms with Gasteiger partial charge in [-0.25, -0.2) is 4.57 Å². The van der Waals surface area contributed by atoms with Crippen LogP contribution in [0, 0.1) is 11.8 Å². The highest BCUT2D eigenvalue weighted by atomic mass is 31.2. The van der Waals surface area contributed by atoms with E-state index in [1.165, 1.54) is 65.0 Å². The van der Waals surface area contributed by atoms with Crippen molar-refractivity contribution < 1.29 is 18.5 Å². The van der Waals surface area contributed by atoms with Crippen LogP contribution in [0.1, 0.15) is 60.8 Å². The lowest BCUT2D eigenvalue weighted by molar-refractivity contribution is 0.257. The first-order valence-corrected chi connectivity index (χ1v) is 22.2. The van der Waals surface area contributed by atoms with E-state index in [9.17, 15) is 9.46 Å². The zero-order valence-electron chi connectivity index (χ0n) is 31.5. The molecule has 3 unspecified atom stereocenters. The van der Waals surface area contributed by atoms with Gasteiger partial charge in [0.25, 0.3) is 0 Å². The number of aryl methyl sites for hydroxylation is 1. The summed E-state index contributed by atoms with van der Waals surface area (Å²) in [4.78, 5) is 12.0. The fraction of sp³-hybridized carbons (Fsp3) is 0.192. The lowest BCUT2D eigenvalue weighted by Crippen LogP contribution is -2.25. The number of benzene rings is 9. The minimum Gasteiger partial charge on any atom is -0.394 e. The van der Waals surface area contributed by atoms with Crippen LogP contribution in [0.3, 0.4) is 0 Å². The van der Waals surface area contributed by atoms with Crippen LogP contribution in [0.15, 0.2) is 127 Å². The van der Waals surface area contributed by atoms with E-state index in [2.05, 4.69) is 121 Å². The SMILES string of the molecule is O=P1(O)OC2=C(c3c4c(cc(-c5ccc6ccc7cccc8ccc5c6c78)c3O1)CCCC4)C1CCCCC1C=C2c1ccc2ccc3cccc4ccc1c2c34. The molecule has 9 aromatic carbocycles. The third-order valence-electron chi connectivity index (χ3n) is 14.0. The quantitative estimate of drug-likeness (QED) is 0.141. The Morgan fingerprint density at radius 2 is 1.12 bits per heavy atom. The lowest BCUT2D eigenvalue weighted by atomic mass is 9.66. The van der Waals surface area contributed by atoms with E-state index >= 15 is 0 Å². The molecule has 1 saturated carbocycles. The van der Waals surface area contributed by atoms with Crippen LogP contribution in [0.25, 0.3) is 86.9 Å². The summed E-state index contributed by atoms with van der Waals surface area (Å²) in [5.41, 5.74) is 8.51. The van der Waals surface area contributed by atoms with E-state index in [0.29, 0.717) is 11.5 Å². The van der Waals surface area contributed by atoms with Crippen molar-refractivity contribution in [3.63, 3.8) is 0 Å². The van der Waals surface area contributed by atoms with Crippen LogP contribution in [-0.2, 0) is 21.9 Å². The first-order valence-electron chi connectivity index (χ1n) is 20.7. The van der Waals surface area contributed by atoms with E-state index in [4.69, 9.17) is 9.05 Å². The highest BCUT2D eigenvalue weighted by Gasteiger charge is 2.45. The molecule has 57 heavy (non-hydrogen) atoms. The number of fused-ring (bicyclic) bond motifs is 6. The van der Waals surface area contributed by atoms with Gasteiger partial charge in [-0.3, -0.25) is 4.89 Å². The molecule has 0 bridgehead atoms. The number of hydrogen-bond acceptors (Lipinski definition) is 3. The van der Waals surface area contributed by atoms with Crippen LogP contribution in [0.4, 0.5) is 0 Å². The van der Waals surface area contributed by atoms with Crippen LogP contribution in [0.5, 0.6) is 5.75 Å². The highest BCUT2D eigenvalue weighted by molar-refractivity contribution is 7.48. The van der Waals surface area contributed by atoms with Crippen molar-refractivity contribution in [3.8, 4) is 16.9 Å². The summed E-state index contributed by atoms with van der Waals surface area (Å²) < 4.78 is 27.8. The summed E-state index contributed by atoms with van der Waals surface area (Å²) in [7, 11) is -4.67. The zero-order valence-corrected chi connectivity index (χ0v) is 32.4. The van der Waals surface area contributed by atoms with E-state index in [1.807, 2.05) is 0 Å². The van der Waals surface area contributed by atoms with Gasteiger partial charge in [-0.15, -0.1) is 0 Å². The molecule has 4 nitrogen and oxygen atoms in total. The van der Waals surface area contributed by atoms with E-state index in [-0.39, 0.29) is 11.8 Å². The van der Waals surface area contributed by atoms with Crippen molar-refractivity contribution in [2.24, 2.45) is 11.8 Å². The van der Waals surface area contributed by atoms with E-state index < -0.39 is 7.82 Å². The summed E-state index contributed by atoms with van der Waals surface area (Å²) in [6, 6.07) is 41.8. The third-order valence-corrected chi connectivity index (χ3v) is 14.8. The summed E-state index contributed by atoms with van der Waals surface area (Å²) in [6.45, 7) is 0. The Balaban J connectivity index is 1.13. The summed E-state index contributed by atoms with van der Waals surface area (Å²) >= 11 is 0. The number of rotatable bonds is 2. The molecule has 0 amide bonds. The number of hydrogen-bond donors (Lipinski definition) is 1. The Morgan fingerprint density at radius 3 is 1.81 bits per heavy atom. The third kappa shape index (κ3) is 4.57. The Kier molecular flexibility index (Phi) is 6.65. The molecule has 4 aliphatic rings. The molecule has 5 heteroatoms. The second kappa shape index (κ2) is 11.7. The van der Waals surface area contributed by atoms with Gasteiger partial charge in [-0.2, -0.15) is 0 Å². The second-order valence-corrected chi connectivity index (χ2v) is 18.2. The summed E-state index contributed by atoms with van der Waals surface area (Å²) in [6.07, 6.45) is 10.8. The van der Waals surface area contributed by atoms with Gasteiger partial charge in [-0.1, -0.05) is 128 Å². The van der Waals surface area contributed by atoms with Gasteiger partial charge in [-0.05, 0) is 143 Å². The molecule has 1 heterocycles. The molecule has 0 saturated heterocycles. The average molecular weight is 759 g/mol. The van der Waals surface area contributed by atoms with Crippen molar-refractivity contribution in [2.75, 3.05) is 0 Å². The summed E-state index contributed by atoms with van der Waals surface area (Å²) in [5, 5.41) is 14.4. The molecular formula is C52H39O4P. The summed E-state index contributed by atoms with van der Waals surface area (Å²) in [5.74, 6) is 1.46. The maximum absolute atomic E-state index is 14.7. The molecule has 3 atom stereocenters. The standard InChI is InChI=1S/C52H39O4P/c53-57(54)55-51-43(39-23-19-33-17-15-29-9-5-11-31-21-25-41(39)47(33)45(29)31)27-35-7-1-3-13-37(35)49(51)50-38-14-4-2-8-36(38)28-44(52(50)56-57)40-24-20-34-18-16-30-10-6-12-32-22-26-42(40)48(34)46(30)32/h5-6,9-12,15-28,35,37H,1-4,7-8,13-14H2,(H,53,54). The predicted molar refractivity (Wildman–Crippen MR) is 234 cm³/mol. The molecule has 1 N–H and O–H groups in total. The number of allylic oxidation sites excluding steroid dienone is 3. The maximum Gasteiger partial charge on any atom is 0.584 e. The molecule has 13 rings (SSSR count). The molecule has 0 spiro atoms. The molecule has 0 aromatic heterocycles. The van der Waals surface area contributed by atoms with Crippen LogP contribution < -0.4 is 4.52 Å². The van der Waals surface area contributed by atoms with Crippen molar-refractivity contribution in [1.82, 2.24) is 0 Å². The maximum atomic E-state index is 14.7. The Bertz CT molecular complexity index is 3290. The van der Waals surface area contributed by atoms with Gasteiger partial charge < -0.3 is 9.05 Å². The minimum atomic E-state index is -4.67. The van der Waals surface area contributed by atoms with Gasteiger partial charge in [0.05, 0.1) is 0 Å². The zero-order chi connectivity index (χ0) is 37.6. The van der Waals surface area contributed by atoms with Crippen molar-refractivity contribution in [3.05, 3.63) is 149 Å². The molecule has 3 aliphatic carbocycles. The molecule has 1 aliphatic heterocycles. The van der Waals surface area contributed by atoms with Crippen LogP contribution >= 0.6 is 7.82 Å². The topological polar surface area (TPSA) is 55.8 Å². The molecule has 9 aromatic rings. The van der Waals surface area contributed by atoms with Crippen LogP contribution in [0.2, 0.25) is 0 Å². The molecular weight excluding hydrogens is 720 g/mol.